The van der Waals surface area contributed by atoms with Gasteiger partial charge in [-0.3, -0.25) is 4.90 Å². The Morgan fingerprint density at radius 1 is 0.958 bits per heavy atom. The third-order valence-electron chi connectivity index (χ3n) is 5.15. The van der Waals surface area contributed by atoms with Crippen LogP contribution in [0, 0.1) is 0 Å². The summed E-state index contributed by atoms with van der Waals surface area (Å²) < 4.78 is 0. The first-order valence-corrected chi connectivity index (χ1v) is 8.20. The average Bonchev–Trinajstić information content (AvgIpc) is 2.61. The number of rotatable bonds is 2. The van der Waals surface area contributed by atoms with Crippen molar-refractivity contribution in [2.75, 3.05) is 26.2 Å². The molecule has 0 spiro atoms. The summed E-state index contributed by atoms with van der Waals surface area (Å²) in [5, 5.41) is 3.54. The van der Waals surface area contributed by atoms with E-state index in [-0.39, 0.29) is 24.8 Å². The minimum Gasteiger partial charge on any atom is -0.326 e. The van der Waals surface area contributed by atoms with Gasteiger partial charge >= 0.3 is 0 Å². The first kappa shape index (κ1) is 19.2. The number of nitrogens with two attached hydrogens (primary N) is 1. The molecule has 2 aliphatic heterocycles. The van der Waals surface area contributed by atoms with Crippen LogP contribution in [0.1, 0.15) is 34.2 Å². The number of benzene rings is 2. The van der Waals surface area contributed by atoms with Gasteiger partial charge in [-0.05, 0) is 22.3 Å². The maximum atomic E-state index is 5.99. The van der Waals surface area contributed by atoms with Gasteiger partial charge in [-0.15, -0.1) is 24.8 Å². The Morgan fingerprint density at radius 2 is 1.62 bits per heavy atom. The molecule has 0 saturated carbocycles. The molecule has 0 amide bonds. The summed E-state index contributed by atoms with van der Waals surface area (Å²) in [7, 11) is 0. The second kappa shape index (κ2) is 8.32. The number of hydrogen-bond acceptors (Lipinski definition) is 3. The van der Waals surface area contributed by atoms with Crippen molar-refractivity contribution in [1.82, 2.24) is 10.2 Å². The van der Waals surface area contributed by atoms with Crippen molar-refractivity contribution in [3.63, 3.8) is 0 Å². The van der Waals surface area contributed by atoms with E-state index in [0.717, 1.165) is 26.2 Å². The predicted octanol–water partition coefficient (Wildman–Crippen LogP) is 3.08. The topological polar surface area (TPSA) is 41.3 Å². The lowest BCUT2D eigenvalue weighted by molar-refractivity contribution is 0.143. The van der Waals surface area contributed by atoms with Crippen molar-refractivity contribution in [2.45, 2.75) is 18.5 Å². The van der Waals surface area contributed by atoms with E-state index in [4.69, 9.17) is 5.73 Å². The van der Waals surface area contributed by atoms with Gasteiger partial charge in [-0.1, -0.05) is 48.5 Å². The molecule has 2 aromatic carbocycles. The molecule has 1 fully saturated rings. The molecule has 2 aromatic rings. The number of fused-ring (bicyclic) bond motifs is 3. The highest BCUT2D eigenvalue weighted by Gasteiger charge is 2.35. The summed E-state index contributed by atoms with van der Waals surface area (Å²) in [6.07, 6.45) is 0. The molecule has 2 heterocycles. The molecular weight excluding hydrogens is 341 g/mol. The molecule has 0 radical (unpaired) electrons. The normalized spacial score (nSPS) is 22.5. The number of nitrogens with one attached hydrogen (secondary N) is 1. The molecule has 3 nitrogen and oxygen atoms in total. The van der Waals surface area contributed by atoms with Crippen LogP contribution in [0.15, 0.2) is 48.5 Å². The van der Waals surface area contributed by atoms with E-state index >= 15 is 0 Å². The SMILES string of the molecule is Cl.Cl.NCc1ccccc1C1CN2CCNCC2c2ccccc21. The van der Waals surface area contributed by atoms with E-state index in [1.54, 1.807) is 0 Å². The van der Waals surface area contributed by atoms with E-state index in [2.05, 4.69) is 58.7 Å². The summed E-state index contributed by atoms with van der Waals surface area (Å²) in [4.78, 5) is 2.64. The second-order valence-electron chi connectivity index (χ2n) is 6.30. The smallest absolute Gasteiger partial charge is 0.0476 e. The van der Waals surface area contributed by atoms with Gasteiger partial charge in [-0.25, -0.2) is 0 Å². The second-order valence-corrected chi connectivity index (χ2v) is 6.30. The summed E-state index contributed by atoms with van der Waals surface area (Å²) in [5.41, 5.74) is 11.6. The maximum Gasteiger partial charge on any atom is 0.0476 e. The van der Waals surface area contributed by atoms with Crippen LogP contribution < -0.4 is 11.1 Å². The van der Waals surface area contributed by atoms with Crippen molar-refractivity contribution in [1.29, 1.82) is 0 Å². The molecule has 2 atom stereocenters. The zero-order chi connectivity index (χ0) is 14.9. The van der Waals surface area contributed by atoms with Crippen molar-refractivity contribution < 1.29 is 0 Å². The predicted molar refractivity (Wildman–Crippen MR) is 104 cm³/mol. The van der Waals surface area contributed by atoms with Gasteiger partial charge in [0.05, 0.1) is 0 Å². The van der Waals surface area contributed by atoms with Crippen molar-refractivity contribution in [3.8, 4) is 0 Å². The highest BCUT2D eigenvalue weighted by Crippen LogP contribution is 2.40. The van der Waals surface area contributed by atoms with Crippen LogP contribution in [-0.4, -0.2) is 31.1 Å². The van der Waals surface area contributed by atoms with E-state index in [1.165, 1.54) is 22.3 Å². The summed E-state index contributed by atoms with van der Waals surface area (Å²) in [6, 6.07) is 18.1. The van der Waals surface area contributed by atoms with E-state index in [1.807, 2.05) is 0 Å². The summed E-state index contributed by atoms with van der Waals surface area (Å²) in [5.74, 6) is 0.435. The van der Waals surface area contributed by atoms with Crippen molar-refractivity contribution in [2.24, 2.45) is 5.73 Å². The fraction of sp³-hybridized carbons (Fsp3) is 0.368. The van der Waals surface area contributed by atoms with Gasteiger partial charge in [0.25, 0.3) is 0 Å². The molecule has 5 heteroatoms. The lowest BCUT2D eigenvalue weighted by Crippen LogP contribution is -2.50. The zero-order valence-electron chi connectivity index (χ0n) is 13.7. The molecule has 130 valence electrons. The third kappa shape index (κ3) is 3.32. The van der Waals surface area contributed by atoms with E-state index < -0.39 is 0 Å². The third-order valence-corrected chi connectivity index (χ3v) is 5.15. The Balaban J connectivity index is 0.00000104. The molecule has 2 aliphatic rings. The highest BCUT2D eigenvalue weighted by atomic mass is 35.5. The Morgan fingerprint density at radius 3 is 2.38 bits per heavy atom. The number of halogens is 2. The summed E-state index contributed by atoms with van der Waals surface area (Å²) >= 11 is 0. The summed E-state index contributed by atoms with van der Waals surface area (Å²) in [6.45, 7) is 4.98. The number of nitrogens with zero attached hydrogens (tertiary/aromatic N) is 1. The van der Waals surface area contributed by atoms with Gasteiger partial charge in [-0.2, -0.15) is 0 Å². The first-order chi connectivity index (χ1) is 10.9. The average molecular weight is 366 g/mol. The highest BCUT2D eigenvalue weighted by molar-refractivity contribution is 5.85. The van der Waals surface area contributed by atoms with Gasteiger partial charge < -0.3 is 11.1 Å². The van der Waals surface area contributed by atoms with Crippen LogP contribution in [0.2, 0.25) is 0 Å². The minimum absolute atomic E-state index is 0. The molecule has 0 aliphatic carbocycles. The number of piperazine rings is 1. The van der Waals surface area contributed by atoms with E-state index in [0.29, 0.717) is 18.5 Å². The fourth-order valence-electron chi connectivity index (χ4n) is 4.06. The monoisotopic (exact) mass is 365 g/mol. The Kier molecular flexibility index (Phi) is 6.67. The molecule has 0 bridgehead atoms. The van der Waals surface area contributed by atoms with Crippen molar-refractivity contribution in [3.05, 3.63) is 70.8 Å². The quantitative estimate of drug-likeness (QED) is 0.858. The molecule has 3 N–H and O–H groups in total. The van der Waals surface area contributed by atoms with Crippen LogP contribution in [0.4, 0.5) is 0 Å². The molecule has 24 heavy (non-hydrogen) atoms. The van der Waals surface area contributed by atoms with Gasteiger partial charge in [0, 0.05) is 44.7 Å². The lowest BCUT2D eigenvalue weighted by Gasteiger charge is -2.44. The fourth-order valence-corrected chi connectivity index (χ4v) is 4.06. The molecular formula is C19H25Cl2N3. The minimum atomic E-state index is 0. The maximum absolute atomic E-state index is 5.99. The Labute approximate surface area is 156 Å². The molecule has 2 unspecified atom stereocenters. The molecule has 1 saturated heterocycles. The van der Waals surface area contributed by atoms with Gasteiger partial charge in [0.1, 0.15) is 0 Å². The largest absolute Gasteiger partial charge is 0.326 e. The Bertz CT molecular complexity index is 677. The molecule has 4 rings (SSSR count). The van der Waals surface area contributed by atoms with Crippen molar-refractivity contribution >= 4 is 24.8 Å². The van der Waals surface area contributed by atoms with Crippen LogP contribution in [0.5, 0.6) is 0 Å². The van der Waals surface area contributed by atoms with Crippen LogP contribution in [-0.2, 0) is 6.54 Å². The van der Waals surface area contributed by atoms with Crippen LogP contribution in [0.25, 0.3) is 0 Å². The number of hydrogen-bond donors (Lipinski definition) is 2. The molecule has 0 aromatic heterocycles. The van der Waals surface area contributed by atoms with Crippen LogP contribution in [0.3, 0.4) is 0 Å². The van der Waals surface area contributed by atoms with Gasteiger partial charge in [0.15, 0.2) is 0 Å². The van der Waals surface area contributed by atoms with Gasteiger partial charge in [0.2, 0.25) is 0 Å². The first-order valence-electron chi connectivity index (χ1n) is 8.20. The Hall–Kier alpha value is -1.10. The van der Waals surface area contributed by atoms with E-state index in [9.17, 15) is 0 Å². The standard InChI is InChI=1S/C19H23N3.2ClH/c20-11-14-5-1-2-6-15(14)18-13-22-10-9-21-12-19(22)17-8-4-3-7-16(17)18;;/h1-8,18-19,21H,9-13,20H2;2*1H. The lowest BCUT2D eigenvalue weighted by atomic mass is 9.79. The zero-order valence-corrected chi connectivity index (χ0v) is 15.3. The van der Waals surface area contributed by atoms with Crippen LogP contribution >= 0.6 is 24.8 Å².